The molecule has 3 rings (SSSR count). The number of carbonyl (C=O) groups excluding carboxylic acids is 1. The van der Waals surface area contributed by atoms with Crippen LogP contribution in [0.3, 0.4) is 0 Å². The lowest BCUT2D eigenvalue weighted by Gasteiger charge is -2.21. The van der Waals surface area contributed by atoms with Crippen molar-refractivity contribution in [3.63, 3.8) is 0 Å². The predicted molar refractivity (Wildman–Crippen MR) is 114 cm³/mol. The molecule has 0 aliphatic carbocycles. The van der Waals surface area contributed by atoms with Gasteiger partial charge in [0.15, 0.2) is 16.7 Å². The summed E-state index contributed by atoms with van der Waals surface area (Å²) in [6.07, 6.45) is 0. The molecule has 7 nitrogen and oxygen atoms in total. The van der Waals surface area contributed by atoms with Crippen molar-refractivity contribution in [3.8, 4) is 17.2 Å². The van der Waals surface area contributed by atoms with E-state index >= 15 is 0 Å². The van der Waals surface area contributed by atoms with Crippen LogP contribution in [-0.2, 0) is 11.3 Å². The van der Waals surface area contributed by atoms with Gasteiger partial charge in [-0.05, 0) is 36.8 Å². The number of hydrogen-bond acceptors (Lipinski definition) is 6. The van der Waals surface area contributed by atoms with Crippen LogP contribution in [0.2, 0.25) is 0 Å². The van der Waals surface area contributed by atoms with Gasteiger partial charge in [0.2, 0.25) is 5.91 Å². The quantitative estimate of drug-likeness (QED) is 0.537. The Bertz CT molecular complexity index is 989. The molecule has 1 amide bonds. The van der Waals surface area contributed by atoms with Crippen molar-refractivity contribution in [1.29, 1.82) is 0 Å². The van der Waals surface area contributed by atoms with Gasteiger partial charge in [0.25, 0.3) is 0 Å². The van der Waals surface area contributed by atoms with Crippen LogP contribution in [0.25, 0.3) is 11.0 Å². The largest absolute Gasteiger partial charge is 0.497 e. The molecule has 0 spiro atoms. The van der Waals surface area contributed by atoms with Crippen molar-refractivity contribution in [2.75, 3.05) is 33.6 Å². The Kier molecular flexibility index (Phi) is 6.87. The molecule has 8 heteroatoms. The lowest BCUT2D eigenvalue weighted by Crippen LogP contribution is -2.31. The number of methoxy groups -OCH3 is 3. The highest BCUT2D eigenvalue weighted by Crippen LogP contribution is 2.28. The Hall–Kier alpha value is -2.87. The Balaban J connectivity index is 1.64. The minimum Gasteiger partial charge on any atom is -0.497 e. The average molecular weight is 416 g/mol. The van der Waals surface area contributed by atoms with E-state index in [1.807, 2.05) is 43.3 Å². The highest BCUT2D eigenvalue weighted by atomic mass is 32.2. The second-order valence-corrected chi connectivity index (χ2v) is 7.28. The van der Waals surface area contributed by atoms with Crippen LogP contribution in [-0.4, -0.2) is 54.4 Å². The molecule has 0 radical (unpaired) electrons. The van der Waals surface area contributed by atoms with Crippen LogP contribution in [0.5, 0.6) is 17.2 Å². The number of imidazole rings is 1. The number of aromatic nitrogens is 2. The fraction of sp³-hybridized carbons (Fsp3) is 0.333. The van der Waals surface area contributed by atoms with Gasteiger partial charge < -0.3 is 24.1 Å². The molecule has 0 fully saturated rings. The molecule has 29 heavy (non-hydrogen) atoms. The summed E-state index contributed by atoms with van der Waals surface area (Å²) in [5.74, 6) is 2.44. The molecule has 0 saturated heterocycles. The summed E-state index contributed by atoms with van der Waals surface area (Å²) in [5.41, 5.74) is 2.72. The van der Waals surface area contributed by atoms with E-state index in [2.05, 4.69) is 9.97 Å². The van der Waals surface area contributed by atoms with Crippen molar-refractivity contribution in [2.24, 2.45) is 0 Å². The zero-order valence-electron chi connectivity index (χ0n) is 17.0. The smallest absolute Gasteiger partial charge is 0.233 e. The molecule has 0 aliphatic rings. The SMILES string of the molecule is CCN(Cc1ccc(OC)c(OC)c1)C(=O)CSc1nc2ccc(OC)cc2[nH]1. The highest BCUT2D eigenvalue weighted by Gasteiger charge is 2.15. The molecule has 0 aliphatic heterocycles. The molecule has 1 aromatic heterocycles. The van der Waals surface area contributed by atoms with E-state index in [0.29, 0.717) is 35.5 Å². The zero-order chi connectivity index (χ0) is 20.8. The van der Waals surface area contributed by atoms with E-state index in [1.165, 1.54) is 11.8 Å². The lowest BCUT2D eigenvalue weighted by atomic mass is 10.2. The first-order valence-corrected chi connectivity index (χ1v) is 10.2. The van der Waals surface area contributed by atoms with E-state index in [9.17, 15) is 4.79 Å². The van der Waals surface area contributed by atoms with Crippen LogP contribution in [0, 0.1) is 0 Å². The first kappa shape index (κ1) is 20.9. The molecule has 0 unspecified atom stereocenters. The summed E-state index contributed by atoms with van der Waals surface area (Å²) < 4.78 is 15.9. The number of nitrogens with zero attached hydrogens (tertiary/aromatic N) is 2. The summed E-state index contributed by atoms with van der Waals surface area (Å²) in [6, 6.07) is 11.3. The van der Waals surface area contributed by atoms with Crippen LogP contribution in [0.1, 0.15) is 12.5 Å². The topological polar surface area (TPSA) is 76.7 Å². The van der Waals surface area contributed by atoms with Crippen LogP contribution < -0.4 is 14.2 Å². The van der Waals surface area contributed by atoms with Gasteiger partial charge in [0.1, 0.15) is 5.75 Å². The minimum absolute atomic E-state index is 0.0466. The maximum absolute atomic E-state index is 12.7. The van der Waals surface area contributed by atoms with E-state index in [1.54, 1.807) is 26.2 Å². The number of ether oxygens (including phenoxy) is 3. The number of rotatable bonds is 9. The van der Waals surface area contributed by atoms with Gasteiger partial charge in [-0.25, -0.2) is 4.98 Å². The summed E-state index contributed by atoms with van der Waals surface area (Å²) >= 11 is 1.39. The molecular weight excluding hydrogens is 390 g/mol. The first-order chi connectivity index (χ1) is 14.1. The summed E-state index contributed by atoms with van der Waals surface area (Å²) in [4.78, 5) is 22.3. The van der Waals surface area contributed by atoms with E-state index in [4.69, 9.17) is 14.2 Å². The summed E-state index contributed by atoms with van der Waals surface area (Å²) in [5, 5.41) is 0.712. The Labute approximate surface area is 174 Å². The second kappa shape index (κ2) is 9.56. The molecule has 0 atom stereocenters. The number of hydrogen-bond donors (Lipinski definition) is 1. The van der Waals surface area contributed by atoms with Crippen LogP contribution in [0.15, 0.2) is 41.6 Å². The van der Waals surface area contributed by atoms with Crippen molar-refractivity contribution in [1.82, 2.24) is 14.9 Å². The number of aromatic amines is 1. The number of amides is 1. The van der Waals surface area contributed by atoms with Crippen molar-refractivity contribution in [2.45, 2.75) is 18.6 Å². The Morgan fingerprint density at radius 1 is 1.07 bits per heavy atom. The molecule has 1 N–H and O–H groups in total. The monoisotopic (exact) mass is 415 g/mol. The molecule has 1 heterocycles. The Morgan fingerprint density at radius 3 is 2.55 bits per heavy atom. The molecule has 3 aromatic rings. The van der Waals surface area contributed by atoms with E-state index < -0.39 is 0 Å². The van der Waals surface area contributed by atoms with Crippen LogP contribution >= 0.6 is 11.8 Å². The molecule has 0 saturated carbocycles. The van der Waals surface area contributed by atoms with Gasteiger partial charge in [-0.15, -0.1) is 0 Å². The lowest BCUT2D eigenvalue weighted by molar-refractivity contribution is -0.128. The number of benzene rings is 2. The number of carbonyl (C=O) groups is 1. The predicted octanol–water partition coefficient (Wildman–Crippen LogP) is 3.73. The molecule has 154 valence electrons. The number of H-pyrrole nitrogens is 1. The van der Waals surface area contributed by atoms with Gasteiger partial charge in [0.05, 0.1) is 38.1 Å². The van der Waals surface area contributed by atoms with Gasteiger partial charge >= 0.3 is 0 Å². The number of thioether (sulfide) groups is 1. The average Bonchev–Trinajstić information content (AvgIpc) is 3.17. The van der Waals surface area contributed by atoms with Gasteiger partial charge in [-0.2, -0.15) is 0 Å². The third-order valence-corrected chi connectivity index (χ3v) is 5.41. The summed E-state index contributed by atoms with van der Waals surface area (Å²) in [6.45, 7) is 3.09. The first-order valence-electron chi connectivity index (χ1n) is 9.23. The van der Waals surface area contributed by atoms with Crippen molar-refractivity contribution < 1.29 is 19.0 Å². The maximum Gasteiger partial charge on any atom is 0.233 e. The second-order valence-electron chi connectivity index (χ2n) is 6.31. The fourth-order valence-corrected chi connectivity index (χ4v) is 3.75. The van der Waals surface area contributed by atoms with E-state index in [-0.39, 0.29) is 5.91 Å². The van der Waals surface area contributed by atoms with Gasteiger partial charge in [0, 0.05) is 19.2 Å². The normalized spacial score (nSPS) is 10.8. The van der Waals surface area contributed by atoms with Crippen molar-refractivity contribution >= 4 is 28.7 Å². The van der Waals surface area contributed by atoms with Gasteiger partial charge in [-0.1, -0.05) is 17.8 Å². The summed E-state index contributed by atoms with van der Waals surface area (Å²) in [7, 11) is 4.83. The third-order valence-electron chi connectivity index (χ3n) is 4.56. The molecular formula is C21H25N3O4S. The Morgan fingerprint density at radius 2 is 1.86 bits per heavy atom. The highest BCUT2D eigenvalue weighted by molar-refractivity contribution is 7.99. The zero-order valence-corrected chi connectivity index (χ0v) is 17.8. The number of fused-ring (bicyclic) bond motifs is 1. The van der Waals surface area contributed by atoms with E-state index in [0.717, 1.165) is 22.3 Å². The molecule has 2 aromatic carbocycles. The van der Waals surface area contributed by atoms with Gasteiger partial charge in [-0.3, -0.25) is 4.79 Å². The van der Waals surface area contributed by atoms with Crippen molar-refractivity contribution in [3.05, 3.63) is 42.0 Å². The number of nitrogens with one attached hydrogen (secondary N) is 1. The third kappa shape index (κ3) is 4.95. The van der Waals surface area contributed by atoms with Crippen LogP contribution in [0.4, 0.5) is 0 Å². The fourth-order valence-electron chi connectivity index (χ4n) is 2.96. The standard InChI is InChI=1S/C21H25N3O4S/c1-5-24(12-14-6-9-18(27-3)19(10-14)28-4)20(25)13-29-21-22-16-8-7-15(26-2)11-17(16)23-21/h6-11H,5,12-13H2,1-4H3,(H,22,23). The maximum atomic E-state index is 12.7. The molecule has 0 bridgehead atoms. The minimum atomic E-state index is 0.0466.